The number of aryl methyl sites for hydroxylation is 1. The SMILES string of the molecule is Cc1cc(Cl)c(NC(=O)c2cccc(Cl)n2)cc1Cl. The summed E-state index contributed by atoms with van der Waals surface area (Å²) in [4.78, 5) is 15.9. The molecule has 0 saturated carbocycles. The maximum Gasteiger partial charge on any atom is 0.274 e. The predicted molar refractivity (Wildman–Crippen MR) is 78.4 cm³/mol. The molecule has 0 spiro atoms. The summed E-state index contributed by atoms with van der Waals surface area (Å²) in [7, 11) is 0. The highest BCUT2D eigenvalue weighted by Gasteiger charge is 2.11. The number of nitrogens with one attached hydrogen (secondary N) is 1. The van der Waals surface area contributed by atoms with Crippen molar-refractivity contribution in [3.05, 3.63) is 56.8 Å². The largest absolute Gasteiger partial charge is 0.319 e. The lowest BCUT2D eigenvalue weighted by Crippen LogP contribution is -2.14. The molecule has 1 aromatic heterocycles. The molecule has 0 atom stereocenters. The molecule has 2 aromatic rings. The van der Waals surface area contributed by atoms with Crippen molar-refractivity contribution in [1.82, 2.24) is 4.98 Å². The summed E-state index contributed by atoms with van der Waals surface area (Å²) < 4.78 is 0. The van der Waals surface area contributed by atoms with Gasteiger partial charge in [0, 0.05) is 5.02 Å². The van der Waals surface area contributed by atoms with Crippen molar-refractivity contribution in [2.45, 2.75) is 6.92 Å². The van der Waals surface area contributed by atoms with Crippen LogP contribution in [0.5, 0.6) is 0 Å². The standard InChI is InChI=1S/C13H9Cl3N2O/c1-7-5-9(15)11(6-8(7)14)18-13(19)10-3-2-4-12(16)17-10/h2-6H,1H3,(H,18,19). The number of carbonyl (C=O) groups excluding carboxylic acids is 1. The van der Waals surface area contributed by atoms with Gasteiger partial charge in [0.1, 0.15) is 10.8 Å². The average Bonchev–Trinajstić information content (AvgIpc) is 2.36. The van der Waals surface area contributed by atoms with Gasteiger partial charge >= 0.3 is 0 Å². The number of aromatic nitrogens is 1. The maximum atomic E-state index is 12.0. The van der Waals surface area contributed by atoms with Crippen molar-refractivity contribution < 1.29 is 4.79 Å². The van der Waals surface area contributed by atoms with Crippen LogP contribution in [-0.2, 0) is 0 Å². The van der Waals surface area contributed by atoms with E-state index in [9.17, 15) is 4.79 Å². The number of halogens is 3. The normalized spacial score (nSPS) is 10.3. The molecule has 1 amide bonds. The first-order valence-corrected chi connectivity index (χ1v) is 6.50. The van der Waals surface area contributed by atoms with E-state index in [2.05, 4.69) is 10.3 Å². The van der Waals surface area contributed by atoms with Crippen molar-refractivity contribution in [2.24, 2.45) is 0 Å². The summed E-state index contributed by atoms with van der Waals surface area (Å²) in [5.41, 5.74) is 1.48. The smallest absolute Gasteiger partial charge is 0.274 e. The second-order valence-corrected chi connectivity index (χ2v) is 5.08. The topological polar surface area (TPSA) is 42.0 Å². The van der Waals surface area contributed by atoms with E-state index >= 15 is 0 Å². The maximum absolute atomic E-state index is 12.0. The lowest BCUT2D eigenvalue weighted by atomic mass is 10.2. The molecule has 0 aliphatic rings. The average molecular weight is 316 g/mol. The minimum Gasteiger partial charge on any atom is -0.319 e. The van der Waals surface area contributed by atoms with E-state index in [-0.39, 0.29) is 10.8 Å². The van der Waals surface area contributed by atoms with Crippen LogP contribution in [0.15, 0.2) is 30.3 Å². The summed E-state index contributed by atoms with van der Waals surface area (Å²) in [5.74, 6) is -0.399. The first-order chi connectivity index (χ1) is 8.97. The van der Waals surface area contributed by atoms with Gasteiger partial charge < -0.3 is 5.32 Å². The molecule has 0 aliphatic carbocycles. The summed E-state index contributed by atoms with van der Waals surface area (Å²) in [6, 6.07) is 8.08. The van der Waals surface area contributed by atoms with Crippen LogP contribution in [-0.4, -0.2) is 10.9 Å². The number of benzene rings is 1. The Balaban J connectivity index is 2.27. The Hall–Kier alpha value is -1.29. The van der Waals surface area contributed by atoms with E-state index in [4.69, 9.17) is 34.8 Å². The summed E-state index contributed by atoms with van der Waals surface area (Å²) in [5, 5.41) is 3.84. The quantitative estimate of drug-likeness (QED) is 0.823. The molecule has 1 aromatic carbocycles. The number of hydrogen-bond donors (Lipinski definition) is 1. The third-order valence-corrected chi connectivity index (χ3v) is 3.37. The minimum absolute atomic E-state index is 0.209. The molecule has 3 nitrogen and oxygen atoms in total. The zero-order valence-corrected chi connectivity index (χ0v) is 12.1. The van der Waals surface area contributed by atoms with Crippen LogP contribution in [0.4, 0.5) is 5.69 Å². The number of pyridine rings is 1. The van der Waals surface area contributed by atoms with E-state index in [0.717, 1.165) is 5.56 Å². The van der Waals surface area contributed by atoms with Crippen molar-refractivity contribution in [1.29, 1.82) is 0 Å². The molecule has 0 radical (unpaired) electrons. The zero-order valence-electron chi connectivity index (χ0n) is 9.88. The van der Waals surface area contributed by atoms with Crippen LogP contribution in [0.1, 0.15) is 16.1 Å². The Bertz CT molecular complexity index is 644. The van der Waals surface area contributed by atoms with Crippen LogP contribution in [0.2, 0.25) is 15.2 Å². The fourth-order valence-corrected chi connectivity index (χ4v) is 2.06. The molecule has 1 heterocycles. The van der Waals surface area contributed by atoms with Crippen LogP contribution in [0, 0.1) is 6.92 Å². The van der Waals surface area contributed by atoms with Crippen LogP contribution < -0.4 is 5.32 Å². The van der Waals surface area contributed by atoms with E-state index in [1.54, 1.807) is 30.3 Å². The molecular formula is C13H9Cl3N2O. The van der Waals surface area contributed by atoms with E-state index in [0.29, 0.717) is 15.7 Å². The first kappa shape index (κ1) is 14.1. The highest BCUT2D eigenvalue weighted by molar-refractivity contribution is 6.36. The van der Waals surface area contributed by atoms with Crippen molar-refractivity contribution in [2.75, 3.05) is 5.32 Å². The van der Waals surface area contributed by atoms with Gasteiger partial charge in [-0.25, -0.2) is 4.98 Å². The molecule has 0 bridgehead atoms. The van der Waals surface area contributed by atoms with Gasteiger partial charge in [0.05, 0.1) is 10.7 Å². The molecule has 19 heavy (non-hydrogen) atoms. The second kappa shape index (κ2) is 5.78. The molecular weight excluding hydrogens is 307 g/mol. The molecule has 0 saturated heterocycles. The van der Waals surface area contributed by atoms with Crippen LogP contribution in [0.3, 0.4) is 0 Å². The number of amides is 1. The molecule has 0 unspecified atom stereocenters. The minimum atomic E-state index is -0.399. The Morgan fingerprint density at radius 1 is 1.16 bits per heavy atom. The molecule has 2 rings (SSSR count). The third-order valence-electron chi connectivity index (χ3n) is 2.44. The highest BCUT2D eigenvalue weighted by Crippen LogP contribution is 2.29. The lowest BCUT2D eigenvalue weighted by molar-refractivity contribution is 0.102. The van der Waals surface area contributed by atoms with Gasteiger partial charge in [0.15, 0.2) is 0 Å². The fraction of sp³-hybridized carbons (Fsp3) is 0.0769. The number of anilines is 1. The van der Waals surface area contributed by atoms with Gasteiger partial charge in [-0.3, -0.25) is 4.79 Å². The number of hydrogen-bond acceptors (Lipinski definition) is 2. The predicted octanol–water partition coefficient (Wildman–Crippen LogP) is 4.60. The number of carbonyl (C=O) groups is 1. The fourth-order valence-electron chi connectivity index (χ4n) is 1.46. The Morgan fingerprint density at radius 3 is 2.58 bits per heavy atom. The van der Waals surface area contributed by atoms with Crippen LogP contribution in [0.25, 0.3) is 0 Å². The van der Waals surface area contributed by atoms with E-state index in [1.807, 2.05) is 6.92 Å². The summed E-state index contributed by atoms with van der Waals surface area (Å²) in [6.45, 7) is 1.83. The highest BCUT2D eigenvalue weighted by atomic mass is 35.5. The van der Waals surface area contributed by atoms with Crippen molar-refractivity contribution in [3.8, 4) is 0 Å². The van der Waals surface area contributed by atoms with Crippen molar-refractivity contribution in [3.63, 3.8) is 0 Å². The van der Waals surface area contributed by atoms with Crippen molar-refractivity contribution >= 4 is 46.4 Å². The third kappa shape index (κ3) is 3.38. The van der Waals surface area contributed by atoms with Crippen LogP contribution >= 0.6 is 34.8 Å². The molecule has 0 fully saturated rings. The van der Waals surface area contributed by atoms with Gasteiger partial charge in [0.25, 0.3) is 5.91 Å². The van der Waals surface area contributed by atoms with Gasteiger partial charge in [-0.2, -0.15) is 0 Å². The monoisotopic (exact) mass is 314 g/mol. The van der Waals surface area contributed by atoms with E-state index < -0.39 is 5.91 Å². The zero-order chi connectivity index (χ0) is 14.0. The van der Waals surface area contributed by atoms with Gasteiger partial charge in [-0.15, -0.1) is 0 Å². The van der Waals surface area contributed by atoms with Gasteiger partial charge in [-0.05, 0) is 36.8 Å². The first-order valence-electron chi connectivity index (χ1n) is 5.37. The van der Waals surface area contributed by atoms with Gasteiger partial charge in [-0.1, -0.05) is 40.9 Å². The number of nitrogens with zero attached hydrogens (tertiary/aromatic N) is 1. The second-order valence-electron chi connectivity index (χ2n) is 3.88. The number of rotatable bonds is 2. The Labute approximate surface area is 125 Å². The molecule has 0 aliphatic heterocycles. The lowest BCUT2D eigenvalue weighted by Gasteiger charge is -2.09. The Kier molecular flexibility index (Phi) is 4.30. The van der Waals surface area contributed by atoms with E-state index in [1.165, 1.54) is 0 Å². The van der Waals surface area contributed by atoms with Gasteiger partial charge in [0.2, 0.25) is 0 Å². The molecule has 98 valence electrons. The summed E-state index contributed by atoms with van der Waals surface area (Å²) in [6.07, 6.45) is 0. The molecule has 1 N–H and O–H groups in total. The summed E-state index contributed by atoms with van der Waals surface area (Å²) >= 11 is 17.8. The molecule has 6 heteroatoms. The Morgan fingerprint density at radius 2 is 1.89 bits per heavy atom.